The summed E-state index contributed by atoms with van der Waals surface area (Å²) in [5.74, 6) is 0.648. The lowest BCUT2D eigenvalue weighted by Gasteiger charge is -2.30. The van der Waals surface area contributed by atoms with E-state index in [0.717, 1.165) is 43.7 Å². The number of aromatic nitrogens is 1. The Morgan fingerprint density at radius 3 is 2.52 bits per heavy atom. The van der Waals surface area contributed by atoms with Crippen LogP contribution in [0.3, 0.4) is 0 Å². The Kier molecular flexibility index (Phi) is 8.31. The molecule has 1 amide bonds. The van der Waals surface area contributed by atoms with Crippen molar-refractivity contribution in [3.63, 3.8) is 0 Å². The molecule has 5 nitrogen and oxygen atoms in total. The van der Waals surface area contributed by atoms with Gasteiger partial charge in [0.05, 0.1) is 0 Å². The molecule has 0 bridgehead atoms. The number of carbonyl (C=O) groups is 1. The third-order valence-electron chi connectivity index (χ3n) is 4.34. The van der Waals surface area contributed by atoms with Crippen molar-refractivity contribution in [2.75, 3.05) is 19.6 Å². The van der Waals surface area contributed by atoms with Gasteiger partial charge in [-0.1, -0.05) is 45.7 Å². The van der Waals surface area contributed by atoms with Gasteiger partial charge in [0, 0.05) is 25.1 Å². The Morgan fingerprint density at radius 1 is 1.22 bits per heavy atom. The van der Waals surface area contributed by atoms with Crippen LogP contribution in [0.2, 0.25) is 0 Å². The molecule has 2 N–H and O–H groups in total. The molecule has 1 aromatic rings. The smallest absolute Gasteiger partial charge is 0.273 e. The highest BCUT2D eigenvalue weighted by molar-refractivity contribution is 5.93. The zero-order chi connectivity index (χ0) is 17.3. The minimum atomic E-state index is -0.137. The molecule has 0 spiro atoms. The summed E-state index contributed by atoms with van der Waals surface area (Å²) < 4.78 is 5.21. The van der Waals surface area contributed by atoms with E-state index in [2.05, 4.69) is 36.6 Å². The first kappa shape index (κ1) is 19.7. The first-order chi connectivity index (χ1) is 11.0. The predicted octanol–water partition coefficient (Wildman–Crippen LogP) is 3.47. The second-order valence-electron chi connectivity index (χ2n) is 6.71. The lowest BCUT2D eigenvalue weighted by Crippen LogP contribution is -2.42. The first-order valence-corrected chi connectivity index (χ1v) is 8.91. The van der Waals surface area contributed by atoms with Crippen LogP contribution < -0.4 is 10.6 Å². The third-order valence-corrected chi connectivity index (χ3v) is 4.34. The Hall–Kier alpha value is -1.36. The van der Waals surface area contributed by atoms with E-state index in [9.17, 15) is 4.79 Å². The molecule has 1 heterocycles. The number of hydrogen-bond acceptors (Lipinski definition) is 4. The second kappa shape index (κ2) is 9.71. The third kappa shape index (κ3) is 5.98. The predicted molar refractivity (Wildman–Crippen MR) is 93.7 cm³/mol. The van der Waals surface area contributed by atoms with Gasteiger partial charge in [0.15, 0.2) is 5.69 Å². The van der Waals surface area contributed by atoms with Crippen LogP contribution in [-0.2, 0) is 6.42 Å². The minimum absolute atomic E-state index is 0.0589. The van der Waals surface area contributed by atoms with Gasteiger partial charge < -0.3 is 15.2 Å². The minimum Gasteiger partial charge on any atom is -0.360 e. The Morgan fingerprint density at radius 2 is 1.96 bits per heavy atom. The fraction of sp³-hybridized carbons (Fsp3) is 0.778. The maximum absolute atomic E-state index is 12.4. The van der Waals surface area contributed by atoms with Gasteiger partial charge in [-0.2, -0.15) is 0 Å². The SMILES string of the molecule is CCCCNCC(C)(CCC)CNC(=O)c1noc(CC)c1C. The summed E-state index contributed by atoms with van der Waals surface area (Å²) in [6.07, 6.45) is 5.31. The summed E-state index contributed by atoms with van der Waals surface area (Å²) >= 11 is 0. The topological polar surface area (TPSA) is 67.2 Å². The maximum Gasteiger partial charge on any atom is 0.273 e. The number of hydrogen-bond donors (Lipinski definition) is 2. The fourth-order valence-corrected chi connectivity index (χ4v) is 2.82. The number of nitrogens with zero attached hydrogens (tertiary/aromatic N) is 1. The van der Waals surface area contributed by atoms with E-state index in [0.29, 0.717) is 12.2 Å². The number of unbranched alkanes of at least 4 members (excludes halogenated alkanes) is 1. The lowest BCUT2D eigenvalue weighted by molar-refractivity contribution is 0.0920. The number of carbonyl (C=O) groups excluding carboxylic acids is 1. The van der Waals surface area contributed by atoms with Crippen molar-refractivity contribution < 1.29 is 9.32 Å². The molecule has 0 saturated heterocycles. The van der Waals surface area contributed by atoms with Crippen LogP contribution in [0.1, 0.15) is 75.2 Å². The zero-order valence-electron chi connectivity index (χ0n) is 15.4. The molecule has 0 aliphatic carbocycles. The zero-order valence-corrected chi connectivity index (χ0v) is 15.4. The van der Waals surface area contributed by atoms with E-state index in [1.165, 1.54) is 12.8 Å². The Bertz CT molecular complexity index is 485. The summed E-state index contributed by atoms with van der Waals surface area (Å²) in [4.78, 5) is 12.4. The highest BCUT2D eigenvalue weighted by Gasteiger charge is 2.25. The Labute approximate surface area is 140 Å². The van der Waals surface area contributed by atoms with Gasteiger partial charge >= 0.3 is 0 Å². The van der Waals surface area contributed by atoms with E-state index >= 15 is 0 Å². The van der Waals surface area contributed by atoms with Crippen LogP contribution in [0.5, 0.6) is 0 Å². The van der Waals surface area contributed by atoms with Crippen molar-refractivity contribution >= 4 is 5.91 Å². The van der Waals surface area contributed by atoms with E-state index in [-0.39, 0.29) is 11.3 Å². The fourth-order valence-electron chi connectivity index (χ4n) is 2.82. The summed E-state index contributed by atoms with van der Waals surface area (Å²) in [6.45, 7) is 13.1. The monoisotopic (exact) mass is 323 g/mol. The molecular weight excluding hydrogens is 290 g/mol. The van der Waals surface area contributed by atoms with Crippen molar-refractivity contribution in [3.8, 4) is 0 Å². The molecule has 1 rings (SSSR count). The van der Waals surface area contributed by atoms with Crippen molar-refractivity contribution in [3.05, 3.63) is 17.0 Å². The summed E-state index contributed by atoms with van der Waals surface area (Å²) in [5, 5.41) is 10.5. The van der Waals surface area contributed by atoms with Crippen LogP contribution >= 0.6 is 0 Å². The molecular formula is C18H33N3O2. The highest BCUT2D eigenvalue weighted by atomic mass is 16.5. The molecule has 0 fully saturated rings. The number of nitrogens with one attached hydrogen (secondary N) is 2. The molecule has 1 unspecified atom stereocenters. The van der Waals surface area contributed by atoms with Gasteiger partial charge in [-0.25, -0.2) is 0 Å². The van der Waals surface area contributed by atoms with Gasteiger partial charge in [0.25, 0.3) is 5.91 Å². The number of aryl methyl sites for hydroxylation is 1. The summed E-state index contributed by atoms with van der Waals surface area (Å²) in [7, 11) is 0. The quantitative estimate of drug-likeness (QED) is 0.612. The van der Waals surface area contributed by atoms with Crippen LogP contribution in [0, 0.1) is 12.3 Å². The van der Waals surface area contributed by atoms with Gasteiger partial charge in [-0.15, -0.1) is 0 Å². The standard InChI is InChI=1S/C18H33N3O2/c1-6-9-11-19-12-18(5,10-7-2)13-20-17(22)16-14(4)15(8-3)23-21-16/h19H,6-13H2,1-5H3,(H,20,22). The summed E-state index contributed by atoms with van der Waals surface area (Å²) in [5.41, 5.74) is 1.33. The molecule has 0 aliphatic rings. The molecule has 23 heavy (non-hydrogen) atoms. The average molecular weight is 323 g/mol. The van der Waals surface area contributed by atoms with Gasteiger partial charge in [-0.05, 0) is 31.7 Å². The van der Waals surface area contributed by atoms with Crippen molar-refractivity contribution in [1.82, 2.24) is 15.8 Å². The highest BCUT2D eigenvalue weighted by Crippen LogP contribution is 2.22. The molecule has 0 radical (unpaired) electrons. The van der Waals surface area contributed by atoms with Crippen molar-refractivity contribution in [1.29, 1.82) is 0 Å². The normalized spacial score (nSPS) is 13.8. The Balaban J connectivity index is 2.59. The molecule has 1 atom stereocenters. The largest absolute Gasteiger partial charge is 0.360 e. The van der Waals surface area contributed by atoms with Crippen molar-refractivity contribution in [2.45, 2.75) is 66.7 Å². The van der Waals surface area contributed by atoms with Crippen molar-refractivity contribution in [2.24, 2.45) is 5.41 Å². The molecule has 0 aromatic carbocycles. The van der Waals surface area contributed by atoms with Crippen LogP contribution in [0.4, 0.5) is 0 Å². The maximum atomic E-state index is 12.4. The average Bonchev–Trinajstić information content (AvgIpc) is 2.90. The number of rotatable bonds is 11. The second-order valence-corrected chi connectivity index (χ2v) is 6.71. The molecule has 132 valence electrons. The van der Waals surface area contributed by atoms with Crippen LogP contribution in [0.25, 0.3) is 0 Å². The van der Waals surface area contributed by atoms with Crippen LogP contribution in [-0.4, -0.2) is 30.7 Å². The van der Waals surface area contributed by atoms with E-state index in [1.807, 2.05) is 13.8 Å². The van der Waals surface area contributed by atoms with E-state index in [4.69, 9.17) is 4.52 Å². The van der Waals surface area contributed by atoms with Gasteiger partial charge in [0.1, 0.15) is 5.76 Å². The summed E-state index contributed by atoms with van der Waals surface area (Å²) in [6, 6.07) is 0. The van der Waals surface area contributed by atoms with E-state index in [1.54, 1.807) is 0 Å². The molecule has 5 heteroatoms. The lowest BCUT2D eigenvalue weighted by atomic mass is 9.85. The molecule has 1 aromatic heterocycles. The number of amides is 1. The molecule has 0 saturated carbocycles. The van der Waals surface area contributed by atoms with Gasteiger partial charge in [-0.3, -0.25) is 4.79 Å². The van der Waals surface area contributed by atoms with Crippen LogP contribution in [0.15, 0.2) is 4.52 Å². The molecule has 0 aliphatic heterocycles. The first-order valence-electron chi connectivity index (χ1n) is 8.91. The van der Waals surface area contributed by atoms with Gasteiger partial charge in [0.2, 0.25) is 0 Å². The van der Waals surface area contributed by atoms with E-state index < -0.39 is 0 Å².